The van der Waals surface area contributed by atoms with Gasteiger partial charge in [0.2, 0.25) is 5.91 Å². The zero-order valence-electron chi connectivity index (χ0n) is 15.4. The summed E-state index contributed by atoms with van der Waals surface area (Å²) < 4.78 is 5.14. The molecule has 3 amide bonds. The van der Waals surface area contributed by atoms with Crippen molar-refractivity contribution in [3.8, 4) is 5.75 Å². The van der Waals surface area contributed by atoms with Crippen LogP contribution >= 0.6 is 0 Å². The lowest BCUT2D eigenvalue weighted by Crippen LogP contribution is -2.50. The number of hydrogen-bond donors (Lipinski definition) is 2. The SMILES string of the molecule is COc1ccc(CN(C)[C@H](C)C(=O)NC(=O)NC2CCCCC2)cc1. The Hall–Kier alpha value is -2.08. The van der Waals surface area contributed by atoms with E-state index in [4.69, 9.17) is 4.74 Å². The number of imide groups is 1. The third kappa shape index (κ3) is 6.05. The van der Waals surface area contributed by atoms with E-state index in [1.165, 1.54) is 6.42 Å². The van der Waals surface area contributed by atoms with Crippen LogP contribution in [0.4, 0.5) is 4.79 Å². The topological polar surface area (TPSA) is 70.7 Å². The second kappa shape index (κ2) is 9.42. The third-order valence-corrected chi connectivity index (χ3v) is 4.81. The minimum Gasteiger partial charge on any atom is -0.497 e. The summed E-state index contributed by atoms with van der Waals surface area (Å²) in [6.45, 7) is 2.41. The molecule has 0 radical (unpaired) electrons. The molecule has 0 unspecified atom stereocenters. The quantitative estimate of drug-likeness (QED) is 0.830. The summed E-state index contributed by atoms with van der Waals surface area (Å²) >= 11 is 0. The summed E-state index contributed by atoms with van der Waals surface area (Å²) in [7, 11) is 3.50. The number of nitrogens with zero attached hydrogens (tertiary/aromatic N) is 1. The van der Waals surface area contributed by atoms with Gasteiger partial charge in [-0.15, -0.1) is 0 Å². The Balaban J connectivity index is 1.79. The molecular formula is C19H29N3O3. The van der Waals surface area contributed by atoms with Crippen molar-refractivity contribution in [1.29, 1.82) is 0 Å². The normalized spacial score (nSPS) is 16.3. The average Bonchev–Trinajstić information content (AvgIpc) is 2.62. The maximum atomic E-state index is 12.3. The van der Waals surface area contributed by atoms with E-state index < -0.39 is 6.04 Å². The number of amides is 3. The van der Waals surface area contributed by atoms with Crippen molar-refractivity contribution in [3.05, 3.63) is 29.8 Å². The molecule has 25 heavy (non-hydrogen) atoms. The number of nitrogens with one attached hydrogen (secondary N) is 2. The van der Waals surface area contributed by atoms with Crippen molar-refractivity contribution in [1.82, 2.24) is 15.5 Å². The van der Waals surface area contributed by atoms with E-state index in [1.807, 2.05) is 36.2 Å². The van der Waals surface area contributed by atoms with Crippen molar-refractivity contribution in [2.24, 2.45) is 0 Å². The smallest absolute Gasteiger partial charge is 0.321 e. The molecule has 1 atom stereocenters. The lowest BCUT2D eigenvalue weighted by atomic mass is 9.96. The number of methoxy groups -OCH3 is 1. The number of rotatable bonds is 6. The van der Waals surface area contributed by atoms with E-state index in [9.17, 15) is 9.59 Å². The Morgan fingerprint density at radius 2 is 1.84 bits per heavy atom. The summed E-state index contributed by atoms with van der Waals surface area (Å²) in [5, 5.41) is 5.36. The minimum atomic E-state index is -0.404. The number of hydrogen-bond acceptors (Lipinski definition) is 4. The molecule has 6 nitrogen and oxygen atoms in total. The molecule has 1 aromatic carbocycles. The molecule has 6 heteroatoms. The first-order valence-electron chi connectivity index (χ1n) is 8.94. The number of likely N-dealkylation sites (N-methyl/N-ethyl adjacent to an activating group) is 1. The zero-order chi connectivity index (χ0) is 18.2. The van der Waals surface area contributed by atoms with E-state index in [-0.39, 0.29) is 18.0 Å². The Labute approximate surface area is 149 Å². The maximum absolute atomic E-state index is 12.3. The number of benzene rings is 1. The Morgan fingerprint density at radius 1 is 1.20 bits per heavy atom. The zero-order valence-corrected chi connectivity index (χ0v) is 15.4. The highest BCUT2D eigenvalue weighted by Gasteiger charge is 2.22. The van der Waals surface area contributed by atoms with Crippen molar-refractivity contribution in [3.63, 3.8) is 0 Å². The van der Waals surface area contributed by atoms with Crippen molar-refractivity contribution in [2.45, 2.75) is 57.7 Å². The largest absolute Gasteiger partial charge is 0.497 e. The van der Waals surface area contributed by atoms with Gasteiger partial charge in [-0.25, -0.2) is 4.79 Å². The molecule has 2 N–H and O–H groups in total. The van der Waals surface area contributed by atoms with E-state index in [0.29, 0.717) is 6.54 Å². The predicted octanol–water partition coefficient (Wildman–Crippen LogP) is 2.67. The fourth-order valence-electron chi connectivity index (χ4n) is 3.04. The molecule has 0 bridgehead atoms. The van der Waals surface area contributed by atoms with Crippen LogP contribution in [0.1, 0.15) is 44.6 Å². The monoisotopic (exact) mass is 347 g/mol. The highest BCUT2D eigenvalue weighted by atomic mass is 16.5. The molecule has 1 aliphatic rings. The van der Waals surface area contributed by atoms with Gasteiger partial charge in [-0.3, -0.25) is 15.0 Å². The van der Waals surface area contributed by atoms with Gasteiger partial charge < -0.3 is 10.1 Å². The highest BCUT2D eigenvalue weighted by Crippen LogP contribution is 2.17. The number of carbonyl (C=O) groups excluding carboxylic acids is 2. The fraction of sp³-hybridized carbons (Fsp3) is 0.579. The van der Waals surface area contributed by atoms with Crippen LogP contribution in [0.15, 0.2) is 24.3 Å². The van der Waals surface area contributed by atoms with Crippen LogP contribution in [0.3, 0.4) is 0 Å². The lowest BCUT2D eigenvalue weighted by Gasteiger charge is -2.25. The third-order valence-electron chi connectivity index (χ3n) is 4.81. The van der Waals surface area contributed by atoms with Gasteiger partial charge in [0.15, 0.2) is 0 Å². The first kappa shape index (κ1) is 19.2. The van der Waals surface area contributed by atoms with Gasteiger partial charge in [0.05, 0.1) is 13.2 Å². The predicted molar refractivity (Wildman–Crippen MR) is 97.5 cm³/mol. The summed E-state index contributed by atoms with van der Waals surface area (Å²) in [6.07, 6.45) is 5.49. The Kier molecular flexibility index (Phi) is 7.25. The minimum absolute atomic E-state index is 0.189. The second-order valence-corrected chi connectivity index (χ2v) is 6.74. The van der Waals surface area contributed by atoms with Crippen molar-refractivity contribution >= 4 is 11.9 Å². The molecule has 0 saturated heterocycles. The lowest BCUT2D eigenvalue weighted by molar-refractivity contribution is -0.124. The molecule has 1 aromatic rings. The fourth-order valence-corrected chi connectivity index (χ4v) is 3.04. The molecule has 1 fully saturated rings. The molecule has 1 aliphatic carbocycles. The number of urea groups is 1. The van der Waals surface area contributed by atoms with Crippen molar-refractivity contribution in [2.75, 3.05) is 14.2 Å². The van der Waals surface area contributed by atoms with Crippen LogP contribution in [0.5, 0.6) is 5.75 Å². The summed E-state index contributed by atoms with van der Waals surface area (Å²) in [5.41, 5.74) is 1.08. The Bertz CT molecular complexity index is 568. The van der Waals surface area contributed by atoms with Crippen molar-refractivity contribution < 1.29 is 14.3 Å². The van der Waals surface area contributed by atoms with Crippen LogP contribution in [0, 0.1) is 0 Å². The van der Waals surface area contributed by atoms with Crippen LogP contribution in [0.25, 0.3) is 0 Å². The van der Waals surface area contributed by atoms with Gasteiger partial charge in [0.1, 0.15) is 5.75 Å². The molecule has 138 valence electrons. The van der Waals surface area contributed by atoms with Gasteiger partial charge in [-0.1, -0.05) is 31.4 Å². The Morgan fingerprint density at radius 3 is 2.44 bits per heavy atom. The van der Waals surface area contributed by atoms with Crippen LogP contribution in [-0.2, 0) is 11.3 Å². The molecule has 0 aliphatic heterocycles. The standard InChI is InChI=1S/C19H29N3O3/c1-14(22(2)13-15-9-11-17(25-3)12-10-15)18(23)21-19(24)20-16-7-5-4-6-8-16/h9-12,14,16H,4-8,13H2,1-3H3,(H2,20,21,23,24)/t14-/m1/s1. The second-order valence-electron chi connectivity index (χ2n) is 6.74. The summed E-state index contributed by atoms with van der Waals surface area (Å²) in [4.78, 5) is 26.2. The first-order valence-corrected chi connectivity index (χ1v) is 8.94. The maximum Gasteiger partial charge on any atom is 0.321 e. The van der Waals surface area contributed by atoms with E-state index >= 15 is 0 Å². The van der Waals surface area contributed by atoms with E-state index in [1.54, 1.807) is 14.0 Å². The molecular weight excluding hydrogens is 318 g/mol. The average molecular weight is 347 g/mol. The van der Waals surface area contributed by atoms with Gasteiger partial charge in [-0.05, 0) is 44.5 Å². The van der Waals surface area contributed by atoms with Crippen LogP contribution in [0.2, 0.25) is 0 Å². The summed E-state index contributed by atoms with van der Waals surface area (Å²) in [5.74, 6) is 0.515. The molecule has 1 saturated carbocycles. The number of ether oxygens (including phenoxy) is 1. The van der Waals surface area contributed by atoms with Crippen LogP contribution in [-0.4, -0.2) is 43.1 Å². The van der Waals surface area contributed by atoms with Gasteiger partial charge in [0.25, 0.3) is 0 Å². The first-order chi connectivity index (χ1) is 12.0. The molecule has 2 rings (SSSR count). The van der Waals surface area contributed by atoms with Crippen LogP contribution < -0.4 is 15.4 Å². The highest BCUT2D eigenvalue weighted by molar-refractivity contribution is 5.96. The van der Waals surface area contributed by atoms with E-state index in [0.717, 1.165) is 37.0 Å². The van der Waals surface area contributed by atoms with Gasteiger partial charge >= 0.3 is 6.03 Å². The summed E-state index contributed by atoms with van der Waals surface area (Å²) in [6, 6.07) is 7.12. The van der Waals surface area contributed by atoms with E-state index in [2.05, 4.69) is 10.6 Å². The van der Waals surface area contributed by atoms with Gasteiger partial charge in [-0.2, -0.15) is 0 Å². The molecule has 0 spiro atoms. The van der Waals surface area contributed by atoms with Gasteiger partial charge in [0, 0.05) is 12.6 Å². The molecule has 0 heterocycles. The molecule has 0 aromatic heterocycles. The number of carbonyl (C=O) groups is 2.